The number of anilines is 2. The second-order valence-corrected chi connectivity index (χ2v) is 4.07. The monoisotopic (exact) mass is 263 g/mol. The first-order valence-electron chi connectivity index (χ1n) is 5.47. The Hall–Kier alpha value is -1.94. The molecule has 1 aromatic carbocycles. The highest BCUT2D eigenvalue weighted by Crippen LogP contribution is 2.28. The zero-order valence-electron chi connectivity index (χ0n) is 10.1. The third-order valence-corrected chi connectivity index (χ3v) is 2.76. The van der Waals surface area contributed by atoms with Gasteiger partial charge in [0.1, 0.15) is 5.75 Å². The minimum absolute atomic E-state index is 0.581. The molecule has 0 atom stereocenters. The molecule has 0 amide bonds. The second kappa shape index (κ2) is 5.60. The maximum atomic E-state index is 5.97. The van der Waals surface area contributed by atoms with E-state index >= 15 is 0 Å². The van der Waals surface area contributed by atoms with E-state index in [1.807, 2.05) is 29.0 Å². The van der Waals surface area contributed by atoms with Crippen LogP contribution in [0.15, 0.2) is 43.2 Å². The largest absolute Gasteiger partial charge is 0.495 e. The maximum Gasteiger partial charge on any atom is 0.207 e. The molecule has 0 saturated heterocycles. The summed E-state index contributed by atoms with van der Waals surface area (Å²) in [4.78, 5) is 4.24. The predicted molar refractivity (Wildman–Crippen MR) is 73.7 cm³/mol. The molecule has 0 aliphatic heterocycles. The Morgan fingerprint density at radius 1 is 1.56 bits per heavy atom. The van der Waals surface area contributed by atoms with Crippen LogP contribution < -0.4 is 10.1 Å². The van der Waals surface area contributed by atoms with Crippen molar-refractivity contribution in [3.8, 4) is 5.75 Å². The fraction of sp³-hybridized carbons (Fsp3) is 0.154. The summed E-state index contributed by atoms with van der Waals surface area (Å²) in [5, 5.41) is 3.79. The van der Waals surface area contributed by atoms with Crippen molar-refractivity contribution in [2.24, 2.45) is 0 Å². The Bertz CT molecular complexity index is 551. The summed E-state index contributed by atoms with van der Waals surface area (Å²) >= 11 is 5.97. The molecular weight excluding hydrogens is 250 g/mol. The number of imidazole rings is 1. The zero-order chi connectivity index (χ0) is 13.0. The zero-order valence-corrected chi connectivity index (χ0v) is 10.8. The molecule has 0 aliphatic carbocycles. The van der Waals surface area contributed by atoms with Crippen molar-refractivity contribution in [2.75, 3.05) is 12.4 Å². The van der Waals surface area contributed by atoms with Crippen molar-refractivity contribution in [1.82, 2.24) is 9.55 Å². The van der Waals surface area contributed by atoms with Crippen LogP contribution in [-0.4, -0.2) is 16.7 Å². The van der Waals surface area contributed by atoms with Crippen molar-refractivity contribution in [2.45, 2.75) is 6.54 Å². The number of aromatic nitrogens is 2. The standard InChI is InChI=1S/C13H14ClN3O/c1-3-7-17-8-6-15-13(17)16-10-4-5-11(14)12(9-10)18-2/h3-6,8-9H,1,7H2,2H3,(H,15,16). The van der Waals surface area contributed by atoms with Gasteiger partial charge in [-0.1, -0.05) is 17.7 Å². The van der Waals surface area contributed by atoms with Gasteiger partial charge in [-0.15, -0.1) is 6.58 Å². The smallest absolute Gasteiger partial charge is 0.207 e. The van der Waals surface area contributed by atoms with E-state index in [4.69, 9.17) is 16.3 Å². The molecule has 2 rings (SSSR count). The summed E-state index contributed by atoms with van der Waals surface area (Å²) in [6.45, 7) is 4.41. The lowest BCUT2D eigenvalue weighted by Gasteiger charge is -2.10. The first kappa shape index (κ1) is 12.5. The van der Waals surface area contributed by atoms with Crippen molar-refractivity contribution in [3.63, 3.8) is 0 Å². The van der Waals surface area contributed by atoms with E-state index < -0.39 is 0 Å². The molecule has 0 fully saturated rings. The number of ether oxygens (including phenoxy) is 1. The first-order chi connectivity index (χ1) is 8.74. The summed E-state index contributed by atoms with van der Waals surface area (Å²) < 4.78 is 7.12. The molecule has 1 heterocycles. The minimum atomic E-state index is 0.581. The first-order valence-corrected chi connectivity index (χ1v) is 5.85. The quantitative estimate of drug-likeness (QED) is 0.840. The lowest BCUT2D eigenvalue weighted by Crippen LogP contribution is -2.02. The van der Waals surface area contributed by atoms with E-state index in [1.54, 1.807) is 19.4 Å². The summed E-state index contributed by atoms with van der Waals surface area (Å²) in [5.41, 5.74) is 0.868. The van der Waals surface area contributed by atoms with E-state index in [2.05, 4.69) is 16.9 Å². The van der Waals surface area contributed by atoms with Crippen LogP contribution in [0.2, 0.25) is 5.02 Å². The molecule has 0 spiro atoms. The molecule has 0 radical (unpaired) electrons. The molecule has 5 heteroatoms. The highest BCUT2D eigenvalue weighted by Gasteiger charge is 2.05. The average Bonchev–Trinajstić information content (AvgIpc) is 2.80. The van der Waals surface area contributed by atoms with Gasteiger partial charge in [-0.05, 0) is 12.1 Å². The van der Waals surface area contributed by atoms with Crippen LogP contribution >= 0.6 is 11.6 Å². The van der Waals surface area contributed by atoms with Gasteiger partial charge in [-0.2, -0.15) is 0 Å². The predicted octanol–water partition coefficient (Wildman–Crippen LogP) is 3.47. The van der Waals surface area contributed by atoms with Gasteiger partial charge in [-0.25, -0.2) is 4.98 Å². The van der Waals surface area contributed by atoms with Crippen LogP contribution in [0.25, 0.3) is 0 Å². The molecule has 1 N–H and O–H groups in total. The van der Waals surface area contributed by atoms with Gasteiger partial charge in [-0.3, -0.25) is 0 Å². The van der Waals surface area contributed by atoms with Crippen LogP contribution in [-0.2, 0) is 6.54 Å². The van der Waals surface area contributed by atoms with Gasteiger partial charge in [0.2, 0.25) is 5.95 Å². The molecular formula is C13H14ClN3O. The highest BCUT2D eigenvalue weighted by atomic mass is 35.5. The van der Waals surface area contributed by atoms with Gasteiger partial charge >= 0.3 is 0 Å². The van der Waals surface area contributed by atoms with Gasteiger partial charge in [0.15, 0.2) is 0 Å². The van der Waals surface area contributed by atoms with E-state index in [1.165, 1.54) is 0 Å². The number of rotatable bonds is 5. The molecule has 4 nitrogen and oxygen atoms in total. The molecule has 94 valence electrons. The fourth-order valence-electron chi connectivity index (χ4n) is 1.59. The van der Waals surface area contributed by atoms with Gasteiger partial charge in [0.25, 0.3) is 0 Å². The van der Waals surface area contributed by atoms with E-state index in [9.17, 15) is 0 Å². The molecule has 0 aliphatic rings. The lowest BCUT2D eigenvalue weighted by molar-refractivity contribution is 0.415. The number of halogens is 1. The Morgan fingerprint density at radius 3 is 3.11 bits per heavy atom. The van der Waals surface area contributed by atoms with Gasteiger partial charge < -0.3 is 14.6 Å². The van der Waals surface area contributed by atoms with Crippen LogP contribution in [0, 0.1) is 0 Å². The SMILES string of the molecule is C=CCn1ccnc1Nc1ccc(Cl)c(OC)c1. The average molecular weight is 264 g/mol. The third-order valence-electron chi connectivity index (χ3n) is 2.45. The van der Waals surface area contributed by atoms with Crippen LogP contribution in [0.1, 0.15) is 0 Å². The minimum Gasteiger partial charge on any atom is -0.495 e. The molecule has 0 unspecified atom stereocenters. The number of hydrogen-bond donors (Lipinski definition) is 1. The van der Waals surface area contributed by atoms with Gasteiger partial charge in [0.05, 0.1) is 12.1 Å². The summed E-state index contributed by atoms with van der Waals surface area (Å²) in [6, 6.07) is 5.48. The Morgan fingerprint density at radius 2 is 2.39 bits per heavy atom. The van der Waals surface area contributed by atoms with Crippen LogP contribution in [0.4, 0.5) is 11.6 Å². The van der Waals surface area contributed by atoms with E-state index in [0.717, 1.165) is 11.6 Å². The Balaban J connectivity index is 2.22. The highest BCUT2D eigenvalue weighted by molar-refractivity contribution is 6.32. The normalized spacial score (nSPS) is 10.1. The maximum absolute atomic E-state index is 5.97. The van der Waals surface area contributed by atoms with Crippen molar-refractivity contribution in [1.29, 1.82) is 0 Å². The van der Waals surface area contributed by atoms with E-state index in [-0.39, 0.29) is 0 Å². The number of hydrogen-bond acceptors (Lipinski definition) is 3. The Kier molecular flexibility index (Phi) is 3.89. The van der Waals surface area contributed by atoms with Crippen LogP contribution in [0.5, 0.6) is 5.75 Å². The molecule has 0 bridgehead atoms. The second-order valence-electron chi connectivity index (χ2n) is 3.67. The van der Waals surface area contributed by atoms with Gasteiger partial charge in [0, 0.05) is 30.7 Å². The lowest BCUT2D eigenvalue weighted by atomic mass is 10.3. The topological polar surface area (TPSA) is 39.1 Å². The number of benzene rings is 1. The fourth-order valence-corrected chi connectivity index (χ4v) is 1.78. The van der Waals surface area contributed by atoms with Crippen LogP contribution in [0.3, 0.4) is 0 Å². The summed E-state index contributed by atoms with van der Waals surface area (Å²) in [6.07, 6.45) is 5.44. The van der Waals surface area contributed by atoms with Crippen molar-refractivity contribution in [3.05, 3.63) is 48.3 Å². The third kappa shape index (κ3) is 2.65. The number of nitrogens with zero attached hydrogens (tertiary/aromatic N) is 2. The van der Waals surface area contributed by atoms with Crippen molar-refractivity contribution >= 4 is 23.2 Å². The molecule has 0 saturated carbocycles. The summed E-state index contributed by atoms with van der Waals surface area (Å²) in [5.74, 6) is 1.38. The molecule has 2 aromatic rings. The number of methoxy groups -OCH3 is 1. The Labute approximate surface area is 111 Å². The number of nitrogens with one attached hydrogen (secondary N) is 1. The molecule has 1 aromatic heterocycles. The number of allylic oxidation sites excluding steroid dienone is 1. The summed E-state index contributed by atoms with van der Waals surface area (Å²) in [7, 11) is 1.59. The van der Waals surface area contributed by atoms with Crippen molar-refractivity contribution < 1.29 is 4.74 Å². The molecule has 18 heavy (non-hydrogen) atoms. The van der Waals surface area contributed by atoms with E-state index in [0.29, 0.717) is 17.3 Å².